The highest BCUT2D eigenvalue weighted by molar-refractivity contribution is 6.32. The molecule has 0 aliphatic carbocycles. The number of aryl methyl sites for hydroxylation is 1. The minimum atomic E-state index is 0.384. The van der Waals surface area contributed by atoms with Crippen LogP contribution in [0, 0.1) is 12.8 Å². The Morgan fingerprint density at radius 1 is 1.20 bits per heavy atom. The normalized spacial score (nSPS) is 14.2. The van der Waals surface area contributed by atoms with Crippen molar-refractivity contribution in [3.8, 4) is 0 Å². The van der Waals surface area contributed by atoms with Crippen LogP contribution in [0.3, 0.4) is 0 Å². The molecule has 1 rings (SSSR count). The molecule has 2 heteroatoms. The number of benzene rings is 1. The first-order valence-electron chi connectivity index (χ1n) is 8.12. The largest absolute Gasteiger partial charge is 0.310 e. The first kappa shape index (κ1) is 17.5. The highest BCUT2D eigenvalue weighted by Gasteiger charge is 2.19. The van der Waals surface area contributed by atoms with E-state index in [1.54, 1.807) is 0 Å². The van der Waals surface area contributed by atoms with E-state index in [0.717, 1.165) is 17.5 Å². The molecule has 0 aromatic heterocycles. The summed E-state index contributed by atoms with van der Waals surface area (Å²) in [5.41, 5.74) is 2.44. The number of unbranched alkanes of at least 4 members (excludes halogenated alkanes) is 1. The number of hydrogen-bond donors (Lipinski definition) is 1. The molecule has 2 unspecified atom stereocenters. The molecule has 0 bridgehead atoms. The van der Waals surface area contributed by atoms with Crippen LogP contribution in [-0.4, -0.2) is 6.54 Å². The van der Waals surface area contributed by atoms with Crippen molar-refractivity contribution in [3.05, 3.63) is 34.3 Å². The van der Waals surface area contributed by atoms with Gasteiger partial charge in [-0.05, 0) is 36.9 Å². The minimum Gasteiger partial charge on any atom is -0.310 e. The Morgan fingerprint density at radius 2 is 1.95 bits per heavy atom. The average Bonchev–Trinajstić information content (AvgIpc) is 2.45. The molecule has 114 valence electrons. The zero-order valence-corrected chi connectivity index (χ0v) is 14.3. The van der Waals surface area contributed by atoms with Gasteiger partial charge in [0.1, 0.15) is 0 Å². The molecule has 0 saturated heterocycles. The Balaban J connectivity index is 2.84. The minimum absolute atomic E-state index is 0.384. The molecule has 0 saturated carbocycles. The van der Waals surface area contributed by atoms with Crippen LogP contribution in [0.15, 0.2) is 18.2 Å². The van der Waals surface area contributed by atoms with E-state index >= 15 is 0 Å². The second kappa shape index (κ2) is 9.41. The summed E-state index contributed by atoms with van der Waals surface area (Å²) in [7, 11) is 0. The number of halogens is 1. The smallest absolute Gasteiger partial charge is 0.0482 e. The van der Waals surface area contributed by atoms with E-state index in [0.29, 0.717) is 6.04 Å². The van der Waals surface area contributed by atoms with Crippen molar-refractivity contribution < 1.29 is 0 Å². The summed E-state index contributed by atoms with van der Waals surface area (Å²) in [5, 5.41) is 4.56. The zero-order chi connectivity index (χ0) is 15.0. The molecular weight excluding hydrogens is 266 g/mol. The molecule has 0 fully saturated rings. The molecule has 1 aromatic rings. The van der Waals surface area contributed by atoms with E-state index < -0.39 is 0 Å². The maximum absolute atomic E-state index is 6.51. The van der Waals surface area contributed by atoms with Gasteiger partial charge in [0, 0.05) is 11.1 Å². The Morgan fingerprint density at radius 3 is 2.55 bits per heavy atom. The van der Waals surface area contributed by atoms with Crippen molar-refractivity contribution in [1.29, 1.82) is 0 Å². The average molecular weight is 296 g/mol. The lowest BCUT2D eigenvalue weighted by Crippen LogP contribution is -2.24. The first-order chi connectivity index (χ1) is 9.63. The summed E-state index contributed by atoms with van der Waals surface area (Å²) in [5.74, 6) is 0.788. The van der Waals surface area contributed by atoms with Crippen LogP contribution in [0.4, 0.5) is 0 Å². The van der Waals surface area contributed by atoms with Gasteiger partial charge in [-0.2, -0.15) is 0 Å². The van der Waals surface area contributed by atoms with E-state index in [1.807, 2.05) is 0 Å². The van der Waals surface area contributed by atoms with E-state index in [1.165, 1.54) is 43.2 Å². The molecule has 0 aliphatic rings. The molecule has 0 amide bonds. The van der Waals surface area contributed by atoms with Crippen LogP contribution in [0.1, 0.15) is 70.0 Å². The number of rotatable bonds is 9. The molecular formula is C18H30ClN. The quantitative estimate of drug-likeness (QED) is 0.597. The van der Waals surface area contributed by atoms with Gasteiger partial charge in [-0.15, -0.1) is 0 Å². The van der Waals surface area contributed by atoms with Gasteiger partial charge in [-0.25, -0.2) is 0 Å². The Bertz CT molecular complexity index is 389. The summed E-state index contributed by atoms with van der Waals surface area (Å²) < 4.78 is 0. The topological polar surface area (TPSA) is 12.0 Å². The van der Waals surface area contributed by atoms with Crippen LogP contribution < -0.4 is 5.32 Å². The maximum atomic E-state index is 6.51. The van der Waals surface area contributed by atoms with Crippen molar-refractivity contribution in [2.24, 2.45) is 5.92 Å². The van der Waals surface area contributed by atoms with Gasteiger partial charge in [-0.3, -0.25) is 0 Å². The fourth-order valence-corrected chi connectivity index (χ4v) is 3.08. The predicted octanol–water partition coefficient (Wildman–Crippen LogP) is 5.91. The van der Waals surface area contributed by atoms with Gasteiger partial charge in [-0.1, -0.05) is 76.3 Å². The predicted molar refractivity (Wildman–Crippen MR) is 90.5 cm³/mol. The van der Waals surface area contributed by atoms with Gasteiger partial charge in [0.15, 0.2) is 0 Å². The van der Waals surface area contributed by atoms with Gasteiger partial charge < -0.3 is 5.32 Å². The molecule has 0 spiro atoms. The Labute approximate surface area is 130 Å². The molecule has 0 aliphatic heterocycles. The van der Waals surface area contributed by atoms with Crippen molar-refractivity contribution in [2.75, 3.05) is 6.54 Å². The molecule has 20 heavy (non-hydrogen) atoms. The highest BCUT2D eigenvalue weighted by Crippen LogP contribution is 2.32. The van der Waals surface area contributed by atoms with Crippen molar-refractivity contribution >= 4 is 11.6 Å². The van der Waals surface area contributed by atoms with E-state index in [9.17, 15) is 0 Å². The van der Waals surface area contributed by atoms with Crippen molar-refractivity contribution in [3.63, 3.8) is 0 Å². The third-order valence-electron chi connectivity index (χ3n) is 4.16. The van der Waals surface area contributed by atoms with Crippen LogP contribution >= 0.6 is 11.6 Å². The summed E-state index contributed by atoms with van der Waals surface area (Å²) >= 11 is 6.51. The lowest BCUT2D eigenvalue weighted by atomic mass is 9.88. The molecule has 1 aromatic carbocycles. The standard InChI is InChI=1S/C18H30ClN/c1-5-8-11-15(6-2)13-17(20-7-3)16-12-9-10-14(4)18(16)19/h9-10,12,15,17,20H,5-8,11,13H2,1-4H3. The first-order valence-corrected chi connectivity index (χ1v) is 8.50. The highest BCUT2D eigenvalue weighted by atomic mass is 35.5. The van der Waals surface area contributed by atoms with E-state index in [2.05, 4.69) is 51.2 Å². The second-order valence-corrected chi connectivity index (χ2v) is 6.12. The summed E-state index contributed by atoms with van der Waals surface area (Å²) in [6.07, 6.45) is 6.39. The monoisotopic (exact) mass is 295 g/mol. The molecule has 1 N–H and O–H groups in total. The second-order valence-electron chi connectivity index (χ2n) is 5.74. The SMILES string of the molecule is CCCCC(CC)CC(NCC)c1cccc(C)c1Cl. The van der Waals surface area contributed by atoms with E-state index in [4.69, 9.17) is 11.6 Å². The van der Waals surface area contributed by atoms with Crippen molar-refractivity contribution in [1.82, 2.24) is 5.32 Å². The third kappa shape index (κ3) is 5.10. The van der Waals surface area contributed by atoms with E-state index in [-0.39, 0.29) is 0 Å². The third-order valence-corrected chi connectivity index (χ3v) is 4.68. The van der Waals surface area contributed by atoms with Gasteiger partial charge in [0.2, 0.25) is 0 Å². The lowest BCUT2D eigenvalue weighted by Gasteiger charge is -2.25. The Hall–Kier alpha value is -0.530. The number of hydrogen-bond acceptors (Lipinski definition) is 1. The fraction of sp³-hybridized carbons (Fsp3) is 0.667. The Kier molecular flexibility index (Phi) is 8.25. The maximum Gasteiger partial charge on any atom is 0.0482 e. The van der Waals surface area contributed by atoms with Crippen LogP contribution in [0.5, 0.6) is 0 Å². The van der Waals surface area contributed by atoms with Crippen LogP contribution in [0.2, 0.25) is 5.02 Å². The van der Waals surface area contributed by atoms with Crippen LogP contribution in [-0.2, 0) is 0 Å². The van der Waals surface area contributed by atoms with Gasteiger partial charge >= 0.3 is 0 Å². The van der Waals surface area contributed by atoms with Gasteiger partial charge in [0.05, 0.1) is 0 Å². The molecule has 2 atom stereocenters. The zero-order valence-electron chi connectivity index (χ0n) is 13.5. The van der Waals surface area contributed by atoms with Gasteiger partial charge in [0.25, 0.3) is 0 Å². The molecule has 0 heterocycles. The summed E-state index contributed by atoms with van der Waals surface area (Å²) in [6, 6.07) is 6.76. The van der Waals surface area contributed by atoms with Crippen molar-refractivity contribution in [2.45, 2.75) is 65.8 Å². The molecule has 0 radical (unpaired) electrons. The summed E-state index contributed by atoms with van der Waals surface area (Å²) in [4.78, 5) is 0. The fourth-order valence-electron chi connectivity index (χ4n) is 2.82. The molecule has 1 nitrogen and oxygen atoms in total. The number of nitrogens with one attached hydrogen (secondary N) is 1. The summed E-state index contributed by atoms with van der Waals surface area (Å²) in [6.45, 7) is 9.82. The lowest BCUT2D eigenvalue weighted by molar-refractivity contribution is 0.357. The van der Waals surface area contributed by atoms with Crippen LogP contribution in [0.25, 0.3) is 0 Å².